The fourth-order valence-electron chi connectivity index (χ4n) is 3.28. The number of nitrogens with zero attached hydrogens (tertiary/aromatic N) is 2. The van der Waals surface area contributed by atoms with E-state index in [-0.39, 0.29) is 4.08 Å². The van der Waals surface area contributed by atoms with Gasteiger partial charge in [0.05, 0.1) is 10.4 Å². The van der Waals surface area contributed by atoms with Crippen LogP contribution >= 0.6 is 23.5 Å². The van der Waals surface area contributed by atoms with E-state index in [4.69, 9.17) is 0 Å². The standard InChI is InChI=1S/C20H28N2S2/c1-3-4-5-19-10-15-23-20(24-19,11-13-22-14-12-21-16-22)18-8-6-17(2)7-9-18/h6-9,12,14,16,19H,3-5,10-11,13,15H2,1-2H3. The van der Waals surface area contributed by atoms with E-state index in [1.807, 2.05) is 12.5 Å². The Balaban J connectivity index is 1.80. The van der Waals surface area contributed by atoms with Gasteiger partial charge in [0.15, 0.2) is 0 Å². The lowest BCUT2D eigenvalue weighted by Crippen LogP contribution is -2.29. The molecule has 0 saturated carbocycles. The van der Waals surface area contributed by atoms with Gasteiger partial charge < -0.3 is 4.57 Å². The number of imidazole rings is 1. The third-order valence-corrected chi connectivity index (χ3v) is 8.37. The molecule has 2 atom stereocenters. The maximum Gasteiger partial charge on any atom is 0.0945 e. The molecular formula is C20H28N2S2. The van der Waals surface area contributed by atoms with Crippen LogP contribution in [0, 0.1) is 6.92 Å². The van der Waals surface area contributed by atoms with Crippen molar-refractivity contribution in [3.63, 3.8) is 0 Å². The van der Waals surface area contributed by atoms with E-state index in [0.717, 1.165) is 18.2 Å². The largest absolute Gasteiger partial charge is 0.337 e. The third-order valence-electron chi connectivity index (χ3n) is 4.76. The van der Waals surface area contributed by atoms with E-state index in [9.17, 15) is 0 Å². The first-order chi connectivity index (χ1) is 11.7. The van der Waals surface area contributed by atoms with Crippen LogP contribution in [-0.2, 0) is 10.6 Å². The number of thioether (sulfide) groups is 2. The minimum Gasteiger partial charge on any atom is -0.337 e. The summed E-state index contributed by atoms with van der Waals surface area (Å²) in [5.74, 6) is 1.28. The molecule has 3 rings (SSSR count). The van der Waals surface area contributed by atoms with Crippen LogP contribution in [0.3, 0.4) is 0 Å². The highest BCUT2D eigenvalue weighted by Gasteiger charge is 2.39. The summed E-state index contributed by atoms with van der Waals surface area (Å²) in [5.41, 5.74) is 2.83. The highest BCUT2D eigenvalue weighted by atomic mass is 32.2. The average molecular weight is 361 g/mol. The number of hydrogen-bond donors (Lipinski definition) is 0. The Bertz CT molecular complexity index is 609. The Morgan fingerprint density at radius 1 is 1.29 bits per heavy atom. The van der Waals surface area contributed by atoms with E-state index < -0.39 is 0 Å². The van der Waals surface area contributed by atoms with Gasteiger partial charge in [-0.2, -0.15) is 0 Å². The first-order valence-corrected chi connectivity index (χ1v) is 10.9. The Labute approximate surface area is 154 Å². The highest BCUT2D eigenvalue weighted by Crippen LogP contribution is 2.56. The van der Waals surface area contributed by atoms with Gasteiger partial charge in [0, 0.05) is 24.2 Å². The smallest absolute Gasteiger partial charge is 0.0945 e. The predicted octanol–water partition coefficient (Wildman–Crippen LogP) is 5.86. The van der Waals surface area contributed by atoms with Gasteiger partial charge in [-0.25, -0.2) is 4.98 Å². The fourth-order valence-corrected chi connectivity index (χ4v) is 7.17. The number of aryl methyl sites for hydroxylation is 2. The molecule has 0 amide bonds. The number of unbranched alkanes of at least 4 members (excludes halogenated alkanes) is 1. The van der Waals surface area contributed by atoms with Gasteiger partial charge in [-0.15, -0.1) is 23.5 Å². The van der Waals surface area contributed by atoms with Crippen molar-refractivity contribution in [1.82, 2.24) is 9.55 Å². The molecular weight excluding hydrogens is 332 g/mol. The van der Waals surface area contributed by atoms with Gasteiger partial charge in [0.25, 0.3) is 0 Å². The summed E-state index contributed by atoms with van der Waals surface area (Å²) >= 11 is 4.39. The van der Waals surface area contributed by atoms with Crippen LogP contribution in [0.5, 0.6) is 0 Å². The summed E-state index contributed by atoms with van der Waals surface area (Å²) in [7, 11) is 0. The Kier molecular flexibility index (Phi) is 6.34. The monoisotopic (exact) mass is 360 g/mol. The zero-order chi connectivity index (χ0) is 16.8. The molecule has 4 heteroatoms. The lowest BCUT2D eigenvalue weighted by Gasteiger charge is -2.41. The Morgan fingerprint density at radius 3 is 2.83 bits per heavy atom. The molecule has 1 aliphatic rings. The maximum absolute atomic E-state index is 4.20. The second-order valence-electron chi connectivity index (χ2n) is 6.69. The van der Waals surface area contributed by atoms with E-state index >= 15 is 0 Å². The first kappa shape index (κ1) is 17.9. The van der Waals surface area contributed by atoms with Crippen LogP contribution in [0.15, 0.2) is 43.0 Å². The molecule has 24 heavy (non-hydrogen) atoms. The van der Waals surface area contributed by atoms with Gasteiger partial charge in [-0.05, 0) is 37.5 Å². The van der Waals surface area contributed by atoms with Crippen LogP contribution in [0.2, 0.25) is 0 Å². The van der Waals surface area contributed by atoms with Gasteiger partial charge in [0.2, 0.25) is 0 Å². The molecule has 0 radical (unpaired) electrons. The topological polar surface area (TPSA) is 17.8 Å². The van der Waals surface area contributed by atoms with E-state index in [1.165, 1.54) is 42.6 Å². The molecule has 1 fully saturated rings. The number of hydrogen-bond acceptors (Lipinski definition) is 3. The van der Waals surface area contributed by atoms with Crippen LogP contribution in [0.25, 0.3) is 0 Å². The van der Waals surface area contributed by atoms with Gasteiger partial charge in [-0.3, -0.25) is 0 Å². The van der Waals surface area contributed by atoms with Crippen molar-refractivity contribution < 1.29 is 0 Å². The predicted molar refractivity (Wildman–Crippen MR) is 108 cm³/mol. The second kappa shape index (κ2) is 8.48. The Morgan fingerprint density at radius 2 is 2.12 bits per heavy atom. The molecule has 0 N–H and O–H groups in total. The van der Waals surface area contributed by atoms with Gasteiger partial charge >= 0.3 is 0 Å². The molecule has 130 valence electrons. The fraction of sp³-hybridized carbons (Fsp3) is 0.550. The van der Waals surface area contributed by atoms with Crippen LogP contribution in [0.1, 0.15) is 50.2 Å². The molecule has 1 aliphatic heterocycles. The average Bonchev–Trinajstić information content (AvgIpc) is 3.13. The zero-order valence-electron chi connectivity index (χ0n) is 14.8. The first-order valence-electron chi connectivity index (χ1n) is 9.06. The van der Waals surface area contributed by atoms with Crippen molar-refractivity contribution in [1.29, 1.82) is 0 Å². The van der Waals surface area contributed by atoms with Crippen LogP contribution in [0.4, 0.5) is 0 Å². The van der Waals surface area contributed by atoms with Gasteiger partial charge in [-0.1, -0.05) is 49.6 Å². The lowest BCUT2D eigenvalue weighted by atomic mass is 10.1. The summed E-state index contributed by atoms with van der Waals surface area (Å²) in [6.45, 7) is 5.51. The second-order valence-corrected chi connectivity index (χ2v) is 9.94. The van der Waals surface area contributed by atoms with E-state index in [0.29, 0.717) is 0 Å². The molecule has 0 aliphatic carbocycles. The Hall–Kier alpha value is -0.870. The maximum atomic E-state index is 4.20. The molecule has 2 nitrogen and oxygen atoms in total. The zero-order valence-corrected chi connectivity index (χ0v) is 16.4. The number of benzene rings is 1. The van der Waals surface area contributed by atoms with Crippen LogP contribution in [-0.4, -0.2) is 20.6 Å². The third kappa shape index (κ3) is 4.40. The summed E-state index contributed by atoms with van der Waals surface area (Å²) in [6.07, 6.45) is 12.4. The summed E-state index contributed by atoms with van der Waals surface area (Å²) < 4.78 is 2.40. The molecule has 2 aromatic rings. The van der Waals surface area contributed by atoms with Crippen LogP contribution < -0.4 is 0 Å². The molecule has 0 bridgehead atoms. The normalized spacial score (nSPS) is 24.2. The molecule has 1 aromatic heterocycles. The van der Waals surface area contributed by atoms with Crippen molar-refractivity contribution in [3.8, 4) is 0 Å². The van der Waals surface area contributed by atoms with Crippen molar-refractivity contribution in [2.75, 3.05) is 5.75 Å². The van der Waals surface area contributed by atoms with Crippen molar-refractivity contribution in [3.05, 3.63) is 54.1 Å². The number of rotatable bonds is 7. The van der Waals surface area contributed by atoms with E-state index in [2.05, 4.69) is 77.4 Å². The summed E-state index contributed by atoms with van der Waals surface area (Å²) in [6, 6.07) is 9.24. The highest BCUT2D eigenvalue weighted by molar-refractivity contribution is 8.18. The van der Waals surface area contributed by atoms with Crippen molar-refractivity contribution in [2.24, 2.45) is 0 Å². The molecule has 1 aromatic carbocycles. The van der Waals surface area contributed by atoms with Gasteiger partial charge in [0.1, 0.15) is 0 Å². The summed E-state index contributed by atoms with van der Waals surface area (Å²) in [5, 5.41) is 0.801. The van der Waals surface area contributed by atoms with Crippen molar-refractivity contribution >= 4 is 23.5 Å². The molecule has 1 saturated heterocycles. The molecule has 0 spiro atoms. The van der Waals surface area contributed by atoms with Crippen molar-refractivity contribution in [2.45, 2.75) is 61.8 Å². The van der Waals surface area contributed by atoms with E-state index in [1.54, 1.807) is 0 Å². The number of aromatic nitrogens is 2. The molecule has 2 heterocycles. The minimum absolute atomic E-state index is 0.189. The minimum atomic E-state index is 0.189. The SMILES string of the molecule is CCCCC1CCSC(CCn2ccnc2)(c2ccc(C)cc2)S1. The lowest BCUT2D eigenvalue weighted by molar-refractivity contribution is 0.596. The summed E-state index contributed by atoms with van der Waals surface area (Å²) in [4.78, 5) is 4.20. The molecule has 2 unspecified atom stereocenters. The quantitative estimate of drug-likeness (QED) is 0.615.